The van der Waals surface area contributed by atoms with Crippen molar-refractivity contribution in [3.8, 4) is 17.2 Å². The third kappa shape index (κ3) is 8.82. The van der Waals surface area contributed by atoms with Crippen LogP contribution >= 0.6 is 13.5 Å². The SMILES string of the molecule is C.C.C.C.CC(C)=CCC/C(C)=C/CC[C@]1(C)Oc2c(c(O)cc3c2CN([C@H](C(=O)O)c2ccc(O)cc2)C3=O)C[C@@H]1O.S. The topological polar surface area (TPSA) is 128 Å². The molecule has 2 aliphatic rings. The number of aliphatic carboxylic acids is 1. The first-order chi connectivity index (χ1) is 18.4. The van der Waals surface area contributed by atoms with Gasteiger partial charge in [0.1, 0.15) is 22.8 Å². The van der Waals surface area contributed by atoms with Crippen LogP contribution in [0.3, 0.4) is 0 Å². The molecular formula is C35H55NO7S. The number of ether oxygens (including phenoxy) is 1. The molecule has 4 N–H and O–H groups in total. The predicted octanol–water partition coefficient (Wildman–Crippen LogP) is 8.06. The van der Waals surface area contributed by atoms with Gasteiger partial charge >= 0.3 is 5.97 Å². The van der Waals surface area contributed by atoms with E-state index in [1.807, 2.05) is 6.92 Å². The fraction of sp³-hybridized carbons (Fsp3) is 0.486. The minimum absolute atomic E-state index is 0. The van der Waals surface area contributed by atoms with Gasteiger partial charge < -0.3 is 30.1 Å². The van der Waals surface area contributed by atoms with Crippen molar-refractivity contribution in [1.82, 2.24) is 4.90 Å². The van der Waals surface area contributed by atoms with Crippen molar-refractivity contribution in [1.29, 1.82) is 0 Å². The zero-order valence-electron chi connectivity index (χ0n) is 23.4. The Labute approximate surface area is 271 Å². The van der Waals surface area contributed by atoms with E-state index in [9.17, 15) is 30.0 Å². The molecule has 2 heterocycles. The smallest absolute Gasteiger partial charge is 0.331 e. The molecular weight excluding hydrogens is 578 g/mol. The van der Waals surface area contributed by atoms with Crippen LogP contribution in [-0.4, -0.2) is 48.9 Å². The van der Waals surface area contributed by atoms with Gasteiger partial charge in [0.15, 0.2) is 6.04 Å². The first-order valence-electron chi connectivity index (χ1n) is 13.3. The minimum atomic E-state index is -1.29. The second-order valence-electron chi connectivity index (χ2n) is 11.0. The van der Waals surface area contributed by atoms with Crippen LogP contribution in [0.2, 0.25) is 0 Å². The highest BCUT2D eigenvalue weighted by Crippen LogP contribution is 2.47. The van der Waals surface area contributed by atoms with Crippen molar-refractivity contribution in [2.75, 3.05) is 0 Å². The summed E-state index contributed by atoms with van der Waals surface area (Å²) >= 11 is 0. The number of phenolic OH excluding ortho intramolecular Hbond substituents is 2. The van der Waals surface area contributed by atoms with Crippen LogP contribution in [-0.2, 0) is 17.8 Å². The summed E-state index contributed by atoms with van der Waals surface area (Å²) in [6.07, 6.45) is 6.80. The lowest BCUT2D eigenvalue weighted by Crippen LogP contribution is -2.49. The molecule has 1 amide bonds. The molecule has 0 bridgehead atoms. The van der Waals surface area contributed by atoms with E-state index < -0.39 is 29.6 Å². The highest BCUT2D eigenvalue weighted by molar-refractivity contribution is 7.59. The first kappa shape index (κ1) is 42.7. The quantitative estimate of drug-likeness (QED) is 0.206. The summed E-state index contributed by atoms with van der Waals surface area (Å²) in [4.78, 5) is 26.9. The number of amides is 1. The highest BCUT2D eigenvalue weighted by atomic mass is 32.1. The van der Waals surface area contributed by atoms with E-state index in [2.05, 4.69) is 32.9 Å². The third-order valence-corrected chi connectivity index (χ3v) is 7.70. The Kier molecular flexibility index (Phi) is 16.7. The number of carbonyl (C=O) groups is 2. The van der Waals surface area contributed by atoms with Crippen LogP contribution in [0.4, 0.5) is 0 Å². The number of fused-ring (bicyclic) bond motifs is 3. The Balaban J connectivity index is 0. The summed E-state index contributed by atoms with van der Waals surface area (Å²) in [5.41, 5.74) is 3.04. The van der Waals surface area contributed by atoms with Crippen LogP contribution in [0.25, 0.3) is 0 Å². The molecule has 9 heteroatoms. The number of allylic oxidation sites excluding steroid dienone is 4. The second kappa shape index (κ2) is 17.2. The molecule has 0 aromatic heterocycles. The number of aliphatic hydroxyl groups is 1. The van der Waals surface area contributed by atoms with Crippen molar-refractivity contribution in [2.45, 2.75) is 114 Å². The molecule has 0 radical (unpaired) electrons. The molecule has 0 saturated heterocycles. The van der Waals surface area contributed by atoms with Gasteiger partial charge in [-0.2, -0.15) is 13.5 Å². The molecule has 8 nitrogen and oxygen atoms in total. The Morgan fingerprint density at radius 1 is 1.05 bits per heavy atom. The number of benzene rings is 2. The number of hydrogen-bond acceptors (Lipinski definition) is 6. The van der Waals surface area contributed by atoms with Gasteiger partial charge in [-0.05, 0) is 77.1 Å². The molecule has 0 aliphatic carbocycles. The van der Waals surface area contributed by atoms with Gasteiger partial charge in [-0.15, -0.1) is 0 Å². The molecule has 2 aliphatic heterocycles. The molecule has 0 saturated carbocycles. The number of hydrogen-bond donors (Lipinski definition) is 4. The van der Waals surface area contributed by atoms with Crippen molar-refractivity contribution in [2.24, 2.45) is 0 Å². The number of phenols is 2. The van der Waals surface area contributed by atoms with Crippen molar-refractivity contribution < 1.29 is 34.8 Å². The Morgan fingerprint density at radius 3 is 2.23 bits per heavy atom. The molecule has 2 aromatic rings. The second-order valence-corrected chi connectivity index (χ2v) is 11.0. The maximum atomic E-state index is 13.4. The number of nitrogens with zero attached hydrogens (tertiary/aromatic N) is 1. The normalized spacial score (nSPS) is 18.8. The maximum absolute atomic E-state index is 13.4. The zero-order valence-corrected chi connectivity index (χ0v) is 24.4. The number of aromatic hydroxyl groups is 2. The number of carbonyl (C=O) groups excluding carboxylic acids is 1. The molecule has 0 fully saturated rings. The molecule has 0 unspecified atom stereocenters. The van der Waals surface area contributed by atoms with Gasteiger partial charge in [-0.3, -0.25) is 4.79 Å². The lowest BCUT2D eigenvalue weighted by Gasteiger charge is -2.41. The molecule has 248 valence electrons. The Morgan fingerprint density at radius 2 is 1.66 bits per heavy atom. The number of rotatable bonds is 9. The van der Waals surface area contributed by atoms with Crippen molar-refractivity contribution >= 4 is 25.4 Å². The molecule has 0 spiro atoms. The van der Waals surface area contributed by atoms with Gasteiger partial charge in [0.05, 0.1) is 18.2 Å². The highest BCUT2D eigenvalue weighted by Gasteiger charge is 2.46. The van der Waals surface area contributed by atoms with E-state index in [4.69, 9.17) is 4.74 Å². The summed E-state index contributed by atoms with van der Waals surface area (Å²) in [5, 5.41) is 41.4. The minimum Gasteiger partial charge on any atom is -0.508 e. The summed E-state index contributed by atoms with van der Waals surface area (Å²) < 4.78 is 6.40. The number of carboxylic acids is 1. The third-order valence-electron chi connectivity index (χ3n) is 7.70. The molecule has 2 aromatic carbocycles. The van der Waals surface area contributed by atoms with E-state index in [1.54, 1.807) is 0 Å². The fourth-order valence-electron chi connectivity index (χ4n) is 5.34. The summed E-state index contributed by atoms with van der Waals surface area (Å²) in [6.45, 7) is 8.05. The van der Waals surface area contributed by atoms with E-state index in [0.717, 1.165) is 12.8 Å². The van der Waals surface area contributed by atoms with Gasteiger partial charge in [0.2, 0.25) is 0 Å². The van der Waals surface area contributed by atoms with E-state index in [-0.39, 0.29) is 73.2 Å². The van der Waals surface area contributed by atoms with E-state index in [1.165, 1.54) is 46.4 Å². The summed E-state index contributed by atoms with van der Waals surface area (Å²) in [5.74, 6) is -1.58. The number of carboxylic acid groups (broad SMARTS) is 1. The van der Waals surface area contributed by atoms with Crippen molar-refractivity contribution in [3.05, 3.63) is 75.9 Å². The Hall–Kier alpha value is -3.43. The summed E-state index contributed by atoms with van der Waals surface area (Å²) in [6, 6.07) is 5.74. The van der Waals surface area contributed by atoms with Gasteiger partial charge in [0, 0.05) is 17.5 Å². The van der Waals surface area contributed by atoms with Gasteiger partial charge in [0.25, 0.3) is 5.91 Å². The zero-order chi connectivity index (χ0) is 28.5. The van der Waals surface area contributed by atoms with Crippen LogP contribution in [0.5, 0.6) is 17.2 Å². The van der Waals surface area contributed by atoms with Crippen LogP contribution in [0, 0.1) is 0 Å². The average Bonchev–Trinajstić information content (AvgIpc) is 3.17. The van der Waals surface area contributed by atoms with E-state index >= 15 is 0 Å². The van der Waals surface area contributed by atoms with Gasteiger partial charge in [-0.25, -0.2) is 4.79 Å². The van der Waals surface area contributed by atoms with Crippen LogP contribution in [0.15, 0.2) is 53.6 Å². The monoisotopic (exact) mass is 633 g/mol. The molecule has 3 atom stereocenters. The van der Waals surface area contributed by atoms with Crippen LogP contribution in [0.1, 0.15) is 116 Å². The Bertz CT molecular complexity index is 1330. The lowest BCUT2D eigenvalue weighted by atomic mass is 9.84. The number of aliphatic hydroxyl groups excluding tert-OH is 1. The maximum Gasteiger partial charge on any atom is 0.331 e. The first-order valence-corrected chi connectivity index (χ1v) is 13.3. The molecule has 44 heavy (non-hydrogen) atoms. The van der Waals surface area contributed by atoms with Crippen LogP contribution < -0.4 is 4.74 Å². The summed E-state index contributed by atoms with van der Waals surface area (Å²) in [7, 11) is 0. The standard InChI is InChI=1S/C31H37NO7.4CH4.H2S/c1-18(2)7-5-8-19(3)9-6-14-31(4)26(35)16-23-25(34)15-22-24(28(23)39-31)17-32(29(22)36)27(30(37)38)20-10-12-21(33)13-11-20;;;;;/h7,9-13,15,26-27,33-35H,5-6,8,14,16-17H2,1-4H3,(H,37,38);4*1H4;1H2/b19-9+;;;;;/t26-,27-,31-;;;;;/m0...../s1. The van der Waals surface area contributed by atoms with Gasteiger partial charge in [-0.1, -0.05) is 65.1 Å². The fourth-order valence-corrected chi connectivity index (χ4v) is 5.34. The largest absolute Gasteiger partial charge is 0.508 e. The lowest BCUT2D eigenvalue weighted by molar-refractivity contribution is -0.142. The predicted molar refractivity (Wildman–Crippen MR) is 184 cm³/mol. The average molecular weight is 634 g/mol. The molecule has 4 rings (SSSR count). The van der Waals surface area contributed by atoms with E-state index in [0.29, 0.717) is 35.3 Å². The van der Waals surface area contributed by atoms with Crippen molar-refractivity contribution in [3.63, 3.8) is 0 Å².